The Bertz CT molecular complexity index is 460. The number of hydrogen-bond acceptors (Lipinski definition) is 4. The van der Waals surface area contributed by atoms with Gasteiger partial charge in [-0.3, -0.25) is 0 Å². The largest absolute Gasteiger partial charge is 0.478 e. The Balaban J connectivity index is 3.43. The molecule has 2 N–H and O–H groups in total. The molecule has 0 aliphatic carbocycles. The molecule has 1 rings (SSSR count). The maximum absolute atomic E-state index is 10.8. The predicted molar refractivity (Wildman–Crippen MR) is 46.6 cm³/mol. The van der Waals surface area contributed by atoms with E-state index >= 15 is 0 Å². The first-order chi connectivity index (χ1) is 7.07. The van der Waals surface area contributed by atoms with Crippen LogP contribution < -0.4 is 4.74 Å². The fraction of sp³-hybridized carbons (Fsp3) is 0. The van der Waals surface area contributed by atoms with Gasteiger partial charge in [-0.25, -0.2) is 9.59 Å². The molecule has 0 aromatic heterocycles. The van der Waals surface area contributed by atoms with E-state index in [0.717, 1.165) is 6.07 Å². The molecular weight excluding hydrogens is 202 g/mol. The van der Waals surface area contributed by atoms with E-state index < -0.39 is 23.1 Å². The number of nitrogens with zero attached hydrogens (tertiary/aromatic N) is 1. The van der Waals surface area contributed by atoms with Gasteiger partial charge in [-0.15, -0.1) is 5.26 Å². The van der Waals surface area contributed by atoms with Gasteiger partial charge in [0, 0.05) is 0 Å². The van der Waals surface area contributed by atoms with Crippen molar-refractivity contribution in [3.8, 4) is 12.0 Å². The van der Waals surface area contributed by atoms with Crippen molar-refractivity contribution in [2.45, 2.75) is 0 Å². The second-order valence-electron chi connectivity index (χ2n) is 2.48. The molecule has 0 heterocycles. The predicted octanol–water partition coefficient (Wildman–Crippen LogP) is 0.943. The molecule has 0 radical (unpaired) electrons. The van der Waals surface area contributed by atoms with Crippen molar-refractivity contribution < 1.29 is 24.5 Å². The molecule has 0 bridgehead atoms. The average Bonchev–Trinajstić information content (AvgIpc) is 2.17. The number of hydrogen-bond donors (Lipinski definition) is 2. The highest BCUT2D eigenvalue weighted by Crippen LogP contribution is 2.22. The summed E-state index contributed by atoms with van der Waals surface area (Å²) in [4.78, 5) is 21.4. The molecule has 0 saturated heterocycles. The van der Waals surface area contributed by atoms with Gasteiger partial charge in [0.2, 0.25) is 0 Å². The average molecular weight is 207 g/mol. The summed E-state index contributed by atoms with van der Waals surface area (Å²) in [5.74, 6) is -3.14. The van der Waals surface area contributed by atoms with Gasteiger partial charge in [-0.05, 0) is 12.1 Å². The number of ether oxygens (including phenoxy) is 1. The molecule has 6 heteroatoms. The molecule has 0 aliphatic rings. The van der Waals surface area contributed by atoms with E-state index in [4.69, 9.17) is 15.5 Å². The summed E-state index contributed by atoms with van der Waals surface area (Å²) >= 11 is 0. The normalized spacial score (nSPS) is 9.00. The quantitative estimate of drug-likeness (QED) is 0.714. The lowest BCUT2D eigenvalue weighted by Crippen LogP contribution is -2.09. The zero-order chi connectivity index (χ0) is 11.4. The van der Waals surface area contributed by atoms with Gasteiger partial charge in [-0.2, -0.15) is 0 Å². The highest BCUT2D eigenvalue weighted by atomic mass is 16.5. The molecule has 0 atom stereocenters. The van der Waals surface area contributed by atoms with Gasteiger partial charge in [0.05, 0.1) is 5.56 Å². The van der Waals surface area contributed by atoms with E-state index in [1.807, 2.05) is 0 Å². The molecule has 0 spiro atoms. The van der Waals surface area contributed by atoms with Crippen LogP contribution >= 0.6 is 0 Å². The van der Waals surface area contributed by atoms with Crippen molar-refractivity contribution in [1.29, 1.82) is 5.26 Å². The lowest BCUT2D eigenvalue weighted by molar-refractivity contribution is 0.0649. The van der Waals surface area contributed by atoms with Crippen molar-refractivity contribution in [2.24, 2.45) is 0 Å². The van der Waals surface area contributed by atoms with Crippen molar-refractivity contribution in [1.82, 2.24) is 0 Å². The smallest absolute Gasteiger partial charge is 0.340 e. The first-order valence-electron chi connectivity index (χ1n) is 3.73. The fourth-order valence-electron chi connectivity index (χ4n) is 1.06. The van der Waals surface area contributed by atoms with Gasteiger partial charge in [-0.1, -0.05) is 6.07 Å². The molecule has 0 fully saturated rings. The Morgan fingerprint density at radius 3 is 2.40 bits per heavy atom. The molecule has 6 nitrogen and oxygen atoms in total. The number of nitriles is 1. The molecule has 0 amide bonds. The Labute approximate surface area is 83.9 Å². The minimum Gasteiger partial charge on any atom is -0.478 e. The molecule has 76 valence electrons. The van der Waals surface area contributed by atoms with Crippen LogP contribution in [-0.2, 0) is 0 Å². The zero-order valence-electron chi connectivity index (χ0n) is 7.30. The highest BCUT2D eigenvalue weighted by Gasteiger charge is 2.21. The van der Waals surface area contributed by atoms with E-state index in [1.54, 1.807) is 0 Å². The third kappa shape index (κ3) is 2.03. The topological polar surface area (TPSA) is 108 Å². The zero-order valence-corrected chi connectivity index (χ0v) is 7.30. The van der Waals surface area contributed by atoms with E-state index in [2.05, 4.69) is 4.74 Å². The lowest BCUT2D eigenvalue weighted by atomic mass is 10.1. The van der Waals surface area contributed by atoms with E-state index in [-0.39, 0.29) is 5.75 Å². The number of benzene rings is 1. The summed E-state index contributed by atoms with van der Waals surface area (Å²) in [6, 6.07) is 3.62. The second-order valence-corrected chi connectivity index (χ2v) is 2.48. The minimum atomic E-state index is -1.46. The number of carboxylic acid groups (broad SMARTS) is 2. The van der Waals surface area contributed by atoms with Crippen LogP contribution in [0.4, 0.5) is 0 Å². The summed E-state index contributed by atoms with van der Waals surface area (Å²) in [5, 5.41) is 25.7. The van der Waals surface area contributed by atoms with Crippen LogP contribution in [0.3, 0.4) is 0 Å². The maximum Gasteiger partial charge on any atom is 0.340 e. The van der Waals surface area contributed by atoms with Gasteiger partial charge >= 0.3 is 11.9 Å². The van der Waals surface area contributed by atoms with Gasteiger partial charge in [0.1, 0.15) is 5.56 Å². The first kappa shape index (κ1) is 10.5. The Hall–Kier alpha value is -2.55. The second kappa shape index (κ2) is 4.11. The fourth-order valence-corrected chi connectivity index (χ4v) is 1.06. The SMILES string of the molecule is N#COc1cccc(C(=O)O)c1C(=O)O. The number of aromatic carboxylic acids is 2. The molecule has 0 unspecified atom stereocenters. The third-order valence-electron chi connectivity index (χ3n) is 1.63. The number of carboxylic acids is 2. The van der Waals surface area contributed by atoms with Crippen molar-refractivity contribution >= 4 is 11.9 Å². The Morgan fingerprint density at radius 2 is 1.93 bits per heavy atom. The summed E-state index contributed by atoms with van der Waals surface area (Å²) in [7, 11) is 0. The van der Waals surface area contributed by atoms with Gasteiger partial charge in [0.25, 0.3) is 6.26 Å². The van der Waals surface area contributed by atoms with Crippen LogP contribution in [0.1, 0.15) is 20.7 Å². The first-order valence-corrected chi connectivity index (χ1v) is 3.73. The molecule has 1 aromatic rings. The van der Waals surface area contributed by atoms with Crippen LogP contribution in [0.15, 0.2) is 18.2 Å². The highest BCUT2D eigenvalue weighted by molar-refractivity contribution is 6.03. The summed E-state index contributed by atoms with van der Waals surface area (Å²) in [5.41, 5.74) is -0.957. The minimum absolute atomic E-state index is 0.287. The molecule has 0 aliphatic heterocycles. The molecule has 0 saturated carbocycles. The Kier molecular flexibility index (Phi) is 2.88. The summed E-state index contributed by atoms with van der Waals surface area (Å²) in [6.07, 6.45) is 1.29. The lowest BCUT2D eigenvalue weighted by Gasteiger charge is -2.04. The van der Waals surface area contributed by atoms with Crippen LogP contribution in [-0.4, -0.2) is 22.2 Å². The summed E-state index contributed by atoms with van der Waals surface area (Å²) in [6.45, 7) is 0. The monoisotopic (exact) mass is 207 g/mol. The van der Waals surface area contributed by atoms with Crippen molar-refractivity contribution in [2.75, 3.05) is 0 Å². The van der Waals surface area contributed by atoms with Gasteiger partial charge in [0.15, 0.2) is 5.75 Å². The van der Waals surface area contributed by atoms with Crippen LogP contribution in [0.5, 0.6) is 5.75 Å². The standard InChI is InChI=1S/C9H5NO5/c10-4-15-6-3-1-2-5(8(11)12)7(6)9(13)14/h1-3H,(H,11,12)(H,13,14). The molecular formula is C9H5NO5. The summed E-state index contributed by atoms with van der Waals surface area (Å²) < 4.78 is 4.35. The number of rotatable bonds is 3. The maximum atomic E-state index is 10.8. The molecule has 15 heavy (non-hydrogen) atoms. The van der Waals surface area contributed by atoms with Crippen LogP contribution in [0, 0.1) is 11.5 Å². The third-order valence-corrected chi connectivity index (χ3v) is 1.63. The molecule has 1 aromatic carbocycles. The van der Waals surface area contributed by atoms with Crippen molar-refractivity contribution in [3.05, 3.63) is 29.3 Å². The van der Waals surface area contributed by atoms with E-state index in [0.29, 0.717) is 0 Å². The van der Waals surface area contributed by atoms with Crippen molar-refractivity contribution in [3.63, 3.8) is 0 Å². The van der Waals surface area contributed by atoms with Crippen LogP contribution in [0.2, 0.25) is 0 Å². The Morgan fingerprint density at radius 1 is 1.27 bits per heavy atom. The van der Waals surface area contributed by atoms with E-state index in [9.17, 15) is 9.59 Å². The van der Waals surface area contributed by atoms with E-state index in [1.165, 1.54) is 18.4 Å². The number of carbonyl (C=O) groups is 2. The van der Waals surface area contributed by atoms with Gasteiger partial charge < -0.3 is 14.9 Å². The van der Waals surface area contributed by atoms with Crippen LogP contribution in [0.25, 0.3) is 0 Å².